The number of amides is 2. The number of aromatic nitrogens is 3. The average molecular weight is 537 g/mol. The molecule has 0 unspecified atom stereocenters. The molecule has 0 radical (unpaired) electrons. The molecular formula is C22H20BrCl2N5O2. The number of aryl methyl sites for hydroxylation is 1. The normalized spacial score (nSPS) is 11.2. The molecular weight excluding hydrogens is 517 g/mol. The molecule has 2 N–H and O–H groups in total. The molecule has 0 bridgehead atoms. The van der Waals surface area contributed by atoms with Crippen molar-refractivity contribution < 1.29 is 9.59 Å². The fraction of sp³-hybridized carbons (Fsp3) is 0.182. The molecule has 0 aliphatic rings. The molecule has 166 valence electrons. The third kappa shape index (κ3) is 5.76. The Morgan fingerprint density at radius 3 is 2.66 bits per heavy atom. The first kappa shape index (κ1) is 24.0. The van der Waals surface area contributed by atoms with Crippen molar-refractivity contribution in [2.24, 2.45) is 0 Å². The zero-order chi connectivity index (χ0) is 23.4. The van der Waals surface area contributed by atoms with Gasteiger partial charge in [-0.05, 0) is 78.2 Å². The Kier molecular flexibility index (Phi) is 7.71. The van der Waals surface area contributed by atoms with Crippen LogP contribution in [0.4, 0.5) is 5.69 Å². The Hall–Kier alpha value is -2.68. The van der Waals surface area contributed by atoms with E-state index in [1.807, 2.05) is 20.8 Å². The number of pyridine rings is 1. The average Bonchev–Trinajstić information content (AvgIpc) is 3.10. The Bertz CT molecular complexity index is 1210. The van der Waals surface area contributed by atoms with Crippen LogP contribution in [0.3, 0.4) is 0 Å². The second-order valence-electron chi connectivity index (χ2n) is 7.21. The van der Waals surface area contributed by atoms with Crippen LogP contribution in [-0.2, 0) is 4.79 Å². The molecule has 7 nitrogen and oxygen atoms in total. The number of hydrogen-bond acceptors (Lipinski definition) is 4. The Labute approximate surface area is 203 Å². The lowest BCUT2D eigenvalue weighted by molar-refractivity contribution is -0.116. The highest BCUT2D eigenvalue weighted by atomic mass is 79.9. The number of rotatable bonds is 6. The molecule has 2 aromatic heterocycles. The molecule has 32 heavy (non-hydrogen) atoms. The highest BCUT2D eigenvalue weighted by molar-refractivity contribution is 9.10. The van der Waals surface area contributed by atoms with Gasteiger partial charge in [-0.2, -0.15) is 5.10 Å². The van der Waals surface area contributed by atoms with Gasteiger partial charge in [0.25, 0.3) is 5.91 Å². The predicted octanol–water partition coefficient (Wildman–Crippen LogP) is 5.44. The molecule has 0 aliphatic carbocycles. The first-order valence-corrected chi connectivity index (χ1v) is 11.2. The van der Waals surface area contributed by atoms with Gasteiger partial charge in [-0.15, -0.1) is 0 Å². The van der Waals surface area contributed by atoms with Crippen molar-refractivity contribution in [3.05, 3.63) is 74.1 Å². The zero-order valence-corrected chi connectivity index (χ0v) is 20.6. The summed E-state index contributed by atoms with van der Waals surface area (Å²) in [4.78, 5) is 29.5. The van der Waals surface area contributed by atoms with Crippen molar-refractivity contribution in [1.82, 2.24) is 20.1 Å². The monoisotopic (exact) mass is 535 g/mol. The fourth-order valence-corrected chi connectivity index (χ4v) is 3.81. The van der Waals surface area contributed by atoms with Crippen LogP contribution in [0.1, 0.15) is 35.5 Å². The minimum atomic E-state index is -0.434. The number of nitrogens with zero attached hydrogens (tertiary/aromatic N) is 3. The summed E-state index contributed by atoms with van der Waals surface area (Å²) in [5.74, 6) is -0.360. The van der Waals surface area contributed by atoms with Gasteiger partial charge >= 0.3 is 0 Å². The number of anilines is 1. The first-order chi connectivity index (χ1) is 15.2. The SMILES string of the molecule is Cc1cc(Cl)cc(C=CC(=O)NC(C)C)c1NC(=O)c1cc(Br)nn1-c1ncccc1Cl. The molecule has 0 saturated carbocycles. The van der Waals surface area contributed by atoms with Crippen LogP contribution in [-0.4, -0.2) is 32.6 Å². The third-order valence-electron chi connectivity index (χ3n) is 4.27. The number of halogens is 3. The second-order valence-corrected chi connectivity index (χ2v) is 8.87. The van der Waals surface area contributed by atoms with E-state index in [9.17, 15) is 9.59 Å². The van der Waals surface area contributed by atoms with Crippen LogP contribution in [0.2, 0.25) is 10.0 Å². The van der Waals surface area contributed by atoms with Crippen molar-refractivity contribution in [2.75, 3.05) is 5.32 Å². The highest BCUT2D eigenvalue weighted by Gasteiger charge is 2.20. The maximum Gasteiger partial charge on any atom is 0.274 e. The summed E-state index contributed by atoms with van der Waals surface area (Å²) in [5.41, 5.74) is 2.06. The molecule has 3 rings (SSSR count). The summed E-state index contributed by atoms with van der Waals surface area (Å²) in [6.45, 7) is 5.56. The number of benzene rings is 1. The smallest absolute Gasteiger partial charge is 0.274 e. The van der Waals surface area contributed by atoms with Gasteiger partial charge < -0.3 is 10.6 Å². The van der Waals surface area contributed by atoms with E-state index in [0.29, 0.717) is 31.7 Å². The van der Waals surface area contributed by atoms with E-state index in [1.165, 1.54) is 10.8 Å². The van der Waals surface area contributed by atoms with E-state index >= 15 is 0 Å². The van der Waals surface area contributed by atoms with Crippen LogP contribution >= 0.6 is 39.1 Å². The van der Waals surface area contributed by atoms with Crippen molar-refractivity contribution in [1.29, 1.82) is 0 Å². The van der Waals surface area contributed by atoms with Crippen LogP contribution in [0.5, 0.6) is 0 Å². The minimum absolute atomic E-state index is 0.00424. The van der Waals surface area contributed by atoms with Gasteiger partial charge in [-0.25, -0.2) is 9.67 Å². The van der Waals surface area contributed by atoms with Gasteiger partial charge in [-0.3, -0.25) is 9.59 Å². The Morgan fingerprint density at radius 2 is 1.97 bits per heavy atom. The van der Waals surface area contributed by atoms with Crippen LogP contribution < -0.4 is 10.6 Å². The summed E-state index contributed by atoms with van der Waals surface area (Å²) >= 11 is 15.8. The first-order valence-electron chi connectivity index (χ1n) is 9.62. The quantitative estimate of drug-likeness (QED) is 0.411. The number of carbonyl (C=O) groups is 2. The lowest BCUT2D eigenvalue weighted by Crippen LogP contribution is -2.28. The third-order valence-corrected chi connectivity index (χ3v) is 5.17. The van der Waals surface area contributed by atoms with E-state index in [0.717, 1.165) is 5.56 Å². The molecule has 0 fully saturated rings. The summed E-state index contributed by atoms with van der Waals surface area (Å²) < 4.78 is 1.81. The van der Waals surface area contributed by atoms with Gasteiger partial charge in [-0.1, -0.05) is 23.2 Å². The fourth-order valence-electron chi connectivity index (χ4n) is 2.96. The lowest BCUT2D eigenvalue weighted by atomic mass is 10.1. The van der Waals surface area contributed by atoms with Crippen molar-refractivity contribution in [3.63, 3.8) is 0 Å². The van der Waals surface area contributed by atoms with Crippen molar-refractivity contribution in [2.45, 2.75) is 26.8 Å². The molecule has 0 aliphatic heterocycles. The largest absolute Gasteiger partial charge is 0.350 e. The van der Waals surface area contributed by atoms with Gasteiger partial charge in [0, 0.05) is 29.4 Å². The summed E-state index contributed by atoms with van der Waals surface area (Å²) in [5, 5.41) is 10.8. The molecule has 2 amide bonds. The number of carbonyl (C=O) groups excluding carboxylic acids is 2. The van der Waals surface area contributed by atoms with Crippen molar-refractivity contribution in [3.8, 4) is 5.82 Å². The maximum absolute atomic E-state index is 13.2. The minimum Gasteiger partial charge on any atom is -0.350 e. The highest BCUT2D eigenvalue weighted by Crippen LogP contribution is 2.28. The standard InChI is InChI=1S/C22H20BrCl2N5O2/c1-12(2)27-19(31)7-6-14-10-15(24)9-13(3)20(14)28-22(32)17-11-18(23)29-30(17)21-16(25)5-4-8-26-21/h4-12H,1-3H3,(H,27,31)(H,28,32). The van der Waals surface area contributed by atoms with Gasteiger partial charge in [0.1, 0.15) is 10.3 Å². The zero-order valence-electron chi connectivity index (χ0n) is 17.5. The van der Waals surface area contributed by atoms with E-state index < -0.39 is 5.91 Å². The summed E-state index contributed by atoms with van der Waals surface area (Å²) in [7, 11) is 0. The maximum atomic E-state index is 13.2. The van der Waals surface area contributed by atoms with Gasteiger partial charge in [0.2, 0.25) is 5.91 Å². The van der Waals surface area contributed by atoms with E-state index in [1.54, 1.807) is 42.6 Å². The topological polar surface area (TPSA) is 88.9 Å². The van der Waals surface area contributed by atoms with Crippen LogP contribution in [0.15, 0.2) is 47.2 Å². The van der Waals surface area contributed by atoms with Crippen LogP contribution in [0, 0.1) is 6.92 Å². The molecule has 10 heteroatoms. The van der Waals surface area contributed by atoms with E-state index in [2.05, 4.69) is 36.6 Å². The van der Waals surface area contributed by atoms with E-state index in [-0.39, 0.29) is 17.6 Å². The Balaban J connectivity index is 1.97. The van der Waals surface area contributed by atoms with Crippen LogP contribution in [0.25, 0.3) is 11.9 Å². The second kappa shape index (κ2) is 10.3. The number of nitrogens with one attached hydrogen (secondary N) is 2. The molecule has 1 aromatic carbocycles. The molecule has 0 atom stereocenters. The molecule has 3 aromatic rings. The summed E-state index contributed by atoms with van der Waals surface area (Å²) in [6.07, 6.45) is 4.57. The van der Waals surface area contributed by atoms with Gasteiger partial charge in [0.15, 0.2) is 5.82 Å². The molecule has 2 heterocycles. The van der Waals surface area contributed by atoms with Crippen molar-refractivity contribution >= 4 is 62.7 Å². The molecule has 0 saturated heterocycles. The van der Waals surface area contributed by atoms with Gasteiger partial charge in [0.05, 0.1) is 10.7 Å². The van der Waals surface area contributed by atoms with E-state index in [4.69, 9.17) is 23.2 Å². The number of hydrogen-bond donors (Lipinski definition) is 2. The Morgan fingerprint density at radius 1 is 1.22 bits per heavy atom. The molecule has 0 spiro atoms. The lowest BCUT2D eigenvalue weighted by Gasteiger charge is -2.14. The summed E-state index contributed by atoms with van der Waals surface area (Å²) in [6, 6.07) is 8.32. The predicted molar refractivity (Wildman–Crippen MR) is 131 cm³/mol.